The molecule has 0 spiro atoms. The van der Waals surface area contributed by atoms with Gasteiger partial charge in [0.2, 0.25) is 0 Å². The molecule has 0 radical (unpaired) electrons. The van der Waals surface area contributed by atoms with Crippen molar-refractivity contribution in [3.63, 3.8) is 0 Å². The quantitative estimate of drug-likeness (QED) is 0.399. The second kappa shape index (κ2) is 9.68. The van der Waals surface area contributed by atoms with Crippen molar-refractivity contribution in [1.82, 2.24) is 20.1 Å². The average molecular weight is 491 g/mol. The van der Waals surface area contributed by atoms with Gasteiger partial charge in [0.1, 0.15) is 0 Å². The Bertz CT molecular complexity index is 589. The van der Waals surface area contributed by atoms with Crippen LogP contribution in [0.3, 0.4) is 0 Å². The predicted molar refractivity (Wildman–Crippen MR) is 122 cm³/mol. The lowest BCUT2D eigenvalue weighted by molar-refractivity contribution is 0.249. The zero-order valence-electron chi connectivity index (χ0n) is 16.6. The van der Waals surface area contributed by atoms with Gasteiger partial charge in [-0.25, -0.2) is 4.98 Å². The Morgan fingerprint density at radius 2 is 2.04 bits per heavy atom. The summed E-state index contributed by atoms with van der Waals surface area (Å²) in [4.78, 5) is 14.4. The molecule has 2 fully saturated rings. The summed E-state index contributed by atoms with van der Waals surface area (Å²) in [7, 11) is 1.90. The maximum Gasteiger partial charge on any atom is 0.193 e. The molecule has 0 aliphatic carbocycles. The first-order valence-electron chi connectivity index (χ1n) is 9.62. The highest BCUT2D eigenvalue weighted by Crippen LogP contribution is 2.24. The first-order valence-corrected chi connectivity index (χ1v) is 10.5. The van der Waals surface area contributed by atoms with E-state index < -0.39 is 0 Å². The third kappa shape index (κ3) is 5.55. The second-order valence-corrected chi connectivity index (χ2v) is 9.17. The van der Waals surface area contributed by atoms with Crippen LogP contribution in [0.4, 0.5) is 0 Å². The fraction of sp³-hybridized carbons (Fsp3) is 0.789. The van der Waals surface area contributed by atoms with E-state index in [1.165, 1.54) is 43.1 Å². The molecule has 0 bridgehead atoms. The Hall–Kier alpha value is -0.410. The summed E-state index contributed by atoms with van der Waals surface area (Å²) in [6, 6.07) is 0.717. The average Bonchev–Trinajstić information content (AvgIpc) is 3.31. The Kier molecular flexibility index (Phi) is 8.15. The highest BCUT2D eigenvalue weighted by molar-refractivity contribution is 14.0. The Morgan fingerprint density at radius 3 is 2.65 bits per heavy atom. The normalized spacial score (nSPS) is 21.9. The van der Waals surface area contributed by atoms with Crippen molar-refractivity contribution in [2.45, 2.75) is 57.9 Å². The summed E-state index contributed by atoms with van der Waals surface area (Å²) in [6.45, 7) is 12.4. The molecule has 1 aromatic heterocycles. The monoisotopic (exact) mass is 491 g/mol. The lowest BCUT2D eigenvalue weighted by Crippen LogP contribution is -2.43. The Balaban J connectivity index is 0.00000243. The van der Waals surface area contributed by atoms with Gasteiger partial charge in [-0.2, -0.15) is 0 Å². The summed E-state index contributed by atoms with van der Waals surface area (Å²) in [5, 5.41) is 6.95. The number of nitrogens with one attached hydrogen (secondary N) is 1. The van der Waals surface area contributed by atoms with Gasteiger partial charge in [-0.3, -0.25) is 9.89 Å². The van der Waals surface area contributed by atoms with Crippen LogP contribution in [-0.2, 0) is 11.8 Å². The van der Waals surface area contributed by atoms with Crippen molar-refractivity contribution in [3.8, 4) is 0 Å². The minimum Gasteiger partial charge on any atom is -0.356 e. The van der Waals surface area contributed by atoms with E-state index in [4.69, 9.17) is 4.98 Å². The molecule has 5 nitrogen and oxygen atoms in total. The van der Waals surface area contributed by atoms with Crippen LogP contribution in [0.2, 0.25) is 0 Å². The van der Waals surface area contributed by atoms with E-state index in [1.54, 1.807) is 11.3 Å². The fourth-order valence-electron chi connectivity index (χ4n) is 3.72. The molecule has 0 amide bonds. The number of likely N-dealkylation sites (tertiary alicyclic amines) is 2. The molecule has 0 saturated carbocycles. The van der Waals surface area contributed by atoms with Crippen LogP contribution in [0, 0.1) is 0 Å². The molecule has 2 aliphatic heterocycles. The number of thiazole rings is 1. The lowest BCUT2D eigenvalue weighted by atomic mass is 9.93. The minimum absolute atomic E-state index is 0. The molecular weight excluding hydrogens is 457 g/mol. The van der Waals surface area contributed by atoms with E-state index in [-0.39, 0.29) is 29.4 Å². The number of guanidine groups is 1. The van der Waals surface area contributed by atoms with E-state index >= 15 is 0 Å². The van der Waals surface area contributed by atoms with E-state index in [2.05, 4.69) is 46.3 Å². The van der Waals surface area contributed by atoms with Gasteiger partial charge in [0.25, 0.3) is 0 Å². The molecule has 3 rings (SSSR count). The van der Waals surface area contributed by atoms with E-state index in [0.717, 1.165) is 32.0 Å². The molecule has 1 atom stereocenters. The van der Waals surface area contributed by atoms with Crippen LogP contribution >= 0.6 is 35.3 Å². The number of rotatable bonds is 4. The smallest absolute Gasteiger partial charge is 0.193 e. The van der Waals surface area contributed by atoms with Crippen molar-refractivity contribution in [2.24, 2.45) is 4.99 Å². The first kappa shape index (κ1) is 21.9. The van der Waals surface area contributed by atoms with E-state index in [9.17, 15) is 0 Å². The van der Waals surface area contributed by atoms with Gasteiger partial charge < -0.3 is 10.2 Å². The third-order valence-corrected chi connectivity index (χ3v) is 6.18. The molecule has 2 aliphatic rings. The van der Waals surface area contributed by atoms with Crippen LogP contribution in [0.25, 0.3) is 0 Å². The third-order valence-electron chi connectivity index (χ3n) is 5.27. The van der Waals surface area contributed by atoms with Gasteiger partial charge in [0, 0.05) is 49.9 Å². The molecule has 7 heteroatoms. The number of aliphatic imine (C=N–C) groups is 1. The van der Waals surface area contributed by atoms with Crippen molar-refractivity contribution in [2.75, 3.05) is 39.8 Å². The number of hydrogen-bond donors (Lipinski definition) is 1. The SMILES string of the molecule is CN=C(NCCc1nc(C(C)(C)C)cs1)N1CCC(N2CCCC2)C1.I. The van der Waals surface area contributed by atoms with E-state index in [0.29, 0.717) is 6.04 Å². The molecule has 0 aromatic carbocycles. The van der Waals surface area contributed by atoms with Crippen molar-refractivity contribution < 1.29 is 0 Å². The molecule has 1 N–H and O–H groups in total. The first-order chi connectivity index (χ1) is 12.0. The summed E-state index contributed by atoms with van der Waals surface area (Å²) >= 11 is 1.77. The van der Waals surface area contributed by atoms with Crippen molar-refractivity contribution in [3.05, 3.63) is 16.1 Å². The largest absolute Gasteiger partial charge is 0.356 e. The zero-order chi connectivity index (χ0) is 17.9. The minimum atomic E-state index is 0. The maximum atomic E-state index is 4.78. The van der Waals surface area contributed by atoms with E-state index in [1.807, 2.05) is 7.05 Å². The topological polar surface area (TPSA) is 43.8 Å². The van der Waals surface area contributed by atoms with Gasteiger partial charge in [0.15, 0.2) is 5.96 Å². The molecule has 26 heavy (non-hydrogen) atoms. The van der Waals surface area contributed by atoms with Gasteiger partial charge in [-0.15, -0.1) is 35.3 Å². The van der Waals surface area contributed by atoms with Gasteiger partial charge in [-0.05, 0) is 32.4 Å². The standard InChI is InChI=1S/C19H33N5S.HI/c1-19(2,3)16-14-25-17(22-16)7-9-21-18(20-4)24-12-8-15(13-24)23-10-5-6-11-23;/h14-15H,5-13H2,1-4H3,(H,20,21);1H. The molecule has 1 unspecified atom stereocenters. The van der Waals surface area contributed by atoms with Crippen molar-refractivity contribution in [1.29, 1.82) is 0 Å². The summed E-state index contributed by atoms with van der Waals surface area (Å²) < 4.78 is 0. The Morgan fingerprint density at radius 1 is 1.31 bits per heavy atom. The van der Waals surface area contributed by atoms with Crippen LogP contribution in [0.1, 0.15) is 50.7 Å². The van der Waals surface area contributed by atoms with Gasteiger partial charge in [-0.1, -0.05) is 20.8 Å². The predicted octanol–water partition coefficient (Wildman–Crippen LogP) is 3.35. The lowest BCUT2D eigenvalue weighted by Gasteiger charge is -2.25. The summed E-state index contributed by atoms with van der Waals surface area (Å²) in [6.07, 6.45) is 4.97. The van der Waals surface area contributed by atoms with Crippen LogP contribution in [-0.4, -0.2) is 66.6 Å². The fourth-order valence-corrected chi connectivity index (χ4v) is 4.75. The van der Waals surface area contributed by atoms with Crippen LogP contribution in [0.15, 0.2) is 10.4 Å². The molecular formula is C19H34IN5S. The molecule has 2 saturated heterocycles. The molecule has 1 aromatic rings. The second-order valence-electron chi connectivity index (χ2n) is 8.23. The Labute approximate surface area is 179 Å². The zero-order valence-corrected chi connectivity index (χ0v) is 19.8. The summed E-state index contributed by atoms with van der Waals surface area (Å²) in [5.74, 6) is 1.05. The summed E-state index contributed by atoms with van der Waals surface area (Å²) in [5.41, 5.74) is 1.34. The number of hydrogen-bond acceptors (Lipinski definition) is 4. The van der Waals surface area contributed by atoms with Crippen LogP contribution < -0.4 is 5.32 Å². The number of aromatic nitrogens is 1. The highest BCUT2D eigenvalue weighted by Gasteiger charge is 2.30. The number of halogens is 1. The highest BCUT2D eigenvalue weighted by atomic mass is 127. The van der Waals surface area contributed by atoms with Crippen molar-refractivity contribution >= 4 is 41.3 Å². The maximum absolute atomic E-state index is 4.78. The number of nitrogens with zero attached hydrogens (tertiary/aromatic N) is 4. The van der Waals surface area contributed by atoms with Crippen LogP contribution in [0.5, 0.6) is 0 Å². The molecule has 148 valence electrons. The molecule has 3 heterocycles. The van der Waals surface area contributed by atoms with Gasteiger partial charge >= 0.3 is 0 Å². The van der Waals surface area contributed by atoms with Gasteiger partial charge in [0.05, 0.1) is 10.7 Å².